The number of hydrogen-bond acceptors (Lipinski definition) is 6. The molecule has 0 saturated carbocycles. The quantitative estimate of drug-likeness (QED) is 0.234. The Kier molecular flexibility index (Phi) is 4.19. The molecule has 0 aromatic rings. The highest BCUT2D eigenvalue weighted by molar-refractivity contribution is 7.83. The van der Waals surface area contributed by atoms with Gasteiger partial charge >= 0.3 is 10.4 Å². The van der Waals surface area contributed by atoms with Gasteiger partial charge in [-0.2, -0.15) is 8.42 Å². The minimum absolute atomic E-state index is 1.99. The zero-order valence-electron chi connectivity index (χ0n) is 5.52. The van der Waals surface area contributed by atoms with Crippen LogP contribution in [0, 0.1) is 0 Å². The maximum absolute atomic E-state index is 10.2. The highest BCUT2D eigenvalue weighted by Crippen LogP contribution is 2.03. The summed E-state index contributed by atoms with van der Waals surface area (Å²) in [6.07, 6.45) is -1.99. The molecule has 0 aliphatic rings. The van der Waals surface area contributed by atoms with E-state index in [9.17, 15) is 12.6 Å². The molecule has 0 bridgehead atoms. The lowest BCUT2D eigenvalue weighted by Crippen LogP contribution is -2.40. The van der Waals surface area contributed by atoms with Crippen LogP contribution >= 0.6 is 0 Å². The second-order valence-corrected chi connectivity index (χ2v) is 3.72. The van der Waals surface area contributed by atoms with Crippen LogP contribution in [0.25, 0.3) is 0 Å². The van der Waals surface area contributed by atoms with E-state index in [2.05, 4.69) is 9.92 Å². The monoisotopic (exact) mass is 221 g/mol. The molecule has 0 amide bonds. The Morgan fingerprint density at radius 3 is 2.00 bits per heavy atom. The smallest absolute Gasteiger partial charge is 0.375 e. The predicted octanol–water partition coefficient (Wildman–Crippen LogP) is -2.37. The van der Waals surface area contributed by atoms with Crippen LogP contribution in [0.15, 0.2) is 0 Å². The minimum atomic E-state index is -4.91. The van der Waals surface area contributed by atoms with E-state index in [4.69, 9.17) is 14.2 Å². The van der Waals surface area contributed by atoms with Crippen LogP contribution < -0.4 is 5.73 Å². The molecular formula is C2H7NO7S2. The second kappa shape index (κ2) is 4.23. The maximum atomic E-state index is 10.2. The lowest BCUT2D eigenvalue weighted by molar-refractivity contribution is 0.0811. The van der Waals surface area contributed by atoms with Gasteiger partial charge in [-0.25, -0.2) is 8.39 Å². The van der Waals surface area contributed by atoms with Crippen LogP contribution in [0.4, 0.5) is 0 Å². The van der Waals surface area contributed by atoms with E-state index in [-0.39, 0.29) is 0 Å². The van der Waals surface area contributed by atoms with Gasteiger partial charge in [0, 0.05) is 0 Å². The molecule has 0 fully saturated rings. The largest absolute Gasteiger partial charge is 0.398 e. The third-order valence-electron chi connectivity index (χ3n) is 0.694. The van der Waals surface area contributed by atoms with E-state index < -0.39 is 33.1 Å². The maximum Gasteiger partial charge on any atom is 0.398 e. The van der Waals surface area contributed by atoms with E-state index in [1.54, 1.807) is 0 Å². The van der Waals surface area contributed by atoms with E-state index in [0.717, 1.165) is 0 Å². The van der Waals surface area contributed by atoms with Crippen LogP contribution in [0.1, 0.15) is 0 Å². The zero-order valence-corrected chi connectivity index (χ0v) is 7.16. The number of aliphatic hydroxyl groups is 1. The number of hydrogen-bond donors (Lipinski definition) is 4. The molecule has 0 rings (SSSR count). The SMILES string of the molecule is NC(O)C(OS(=O)(=O)O)S(=O)O. The Morgan fingerprint density at radius 2 is 1.92 bits per heavy atom. The van der Waals surface area contributed by atoms with Gasteiger partial charge in [0.25, 0.3) is 0 Å². The molecule has 5 N–H and O–H groups in total. The molecule has 0 aromatic carbocycles. The van der Waals surface area contributed by atoms with Gasteiger partial charge in [0.05, 0.1) is 0 Å². The third kappa shape index (κ3) is 4.71. The third-order valence-corrected chi connectivity index (χ3v) is 2.04. The molecule has 0 heterocycles. The number of nitrogens with two attached hydrogens (primary N) is 1. The Morgan fingerprint density at radius 1 is 1.50 bits per heavy atom. The summed E-state index contributed by atoms with van der Waals surface area (Å²) in [5, 5.41) is 8.47. The van der Waals surface area contributed by atoms with Crippen molar-refractivity contribution in [3.63, 3.8) is 0 Å². The predicted molar refractivity (Wildman–Crippen MR) is 37.4 cm³/mol. The summed E-state index contributed by atoms with van der Waals surface area (Å²) in [5.74, 6) is 0. The highest BCUT2D eigenvalue weighted by Gasteiger charge is 2.27. The van der Waals surface area contributed by atoms with Gasteiger partial charge in [-0.1, -0.05) is 0 Å². The number of aliphatic hydroxyl groups excluding tert-OH is 1. The minimum Gasteiger partial charge on any atom is -0.375 e. The number of rotatable bonds is 4. The van der Waals surface area contributed by atoms with Crippen LogP contribution in [-0.2, 0) is 25.7 Å². The van der Waals surface area contributed by atoms with Crippen molar-refractivity contribution >= 4 is 21.5 Å². The topological polar surface area (TPSA) is 147 Å². The molecule has 74 valence electrons. The first-order valence-corrected chi connectivity index (χ1v) is 4.96. The van der Waals surface area contributed by atoms with Gasteiger partial charge in [0.1, 0.15) is 6.23 Å². The molecule has 8 nitrogen and oxygen atoms in total. The van der Waals surface area contributed by atoms with Crippen LogP contribution in [0.5, 0.6) is 0 Å². The molecule has 0 aromatic heterocycles. The van der Waals surface area contributed by atoms with Gasteiger partial charge in [-0.05, 0) is 0 Å². The fourth-order valence-corrected chi connectivity index (χ4v) is 1.49. The van der Waals surface area contributed by atoms with Crippen molar-refractivity contribution in [2.75, 3.05) is 0 Å². The molecule has 10 heteroatoms. The van der Waals surface area contributed by atoms with Crippen LogP contribution in [0.3, 0.4) is 0 Å². The Labute approximate surface area is 70.6 Å². The first-order chi connectivity index (χ1) is 5.24. The Balaban J connectivity index is 4.46. The first-order valence-electron chi connectivity index (χ1n) is 2.43. The second-order valence-electron chi connectivity index (χ2n) is 1.66. The molecule has 3 unspecified atom stereocenters. The van der Waals surface area contributed by atoms with Crippen molar-refractivity contribution in [1.29, 1.82) is 0 Å². The van der Waals surface area contributed by atoms with Crippen molar-refractivity contribution in [3.8, 4) is 0 Å². The van der Waals surface area contributed by atoms with Gasteiger partial charge in [0.2, 0.25) is 5.44 Å². The molecule has 0 radical (unpaired) electrons. The summed E-state index contributed by atoms with van der Waals surface area (Å²) in [6.45, 7) is 0. The average Bonchev–Trinajstić information content (AvgIpc) is 1.79. The van der Waals surface area contributed by atoms with E-state index in [1.165, 1.54) is 0 Å². The van der Waals surface area contributed by atoms with Crippen molar-refractivity contribution in [2.45, 2.75) is 11.7 Å². The lowest BCUT2D eigenvalue weighted by atomic mass is 10.6. The molecular weight excluding hydrogens is 214 g/mol. The van der Waals surface area contributed by atoms with E-state index >= 15 is 0 Å². The van der Waals surface area contributed by atoms with Crippen molar-refractivity contribution in [1.82, 2.24) is 0 Å². The van der Waals surface area contributed by atoms with Crippen molar-refractivity contribution < 1.29 is 31.0 Å². The van der Waals surface area contributed by atoms with Crippen molar-refractivity contribution in [3.05, 3.63) is 0 Å². The summed E-state index contributed by atoms with van der Waals surface area (Å²) in [7, 11) is -4.91. The summed E-state index contributed by atoms with van der Waals surface area (Å²) in [6, 6.07) is 0. The Hall–Kier alpha value is -0.100. The fraction of sp³-hybridized carbons (Fsp3) is 1.00. The molecule has 0 aliphatic carbocycles. The summed E-state index contributed by atoms with van der Waals surface area (Å²) >= 11 is -2.82. The van der Waals surface area contributed by atoms with E-state index in [0.29, 0.717) is 0 Å². The van der Waals surface area contributed by atoms with Crippen LogP contribution in [0.2, 0.25) is 0 Å². The molecule has 0 saturated heterocycles. The van der Waals surface area contributed by atoms with Gasteiger partial charge in [-0.15, -0.1) is 0 Å². The summed E-state index contributed by atoms with van der Waals surface area (Å²) in [4.78, 5) is 0. The van der Waals surface area contributed by atoms with Crippen molar-refractivity contribution in [2.24, 2.45) is 5.73 Å². The van der Waals surface area contributed by atoms with Gasteiger partial charge in [0.15, 0.2) is 11.1 Å². The standard InChI is InChI=1S/C2H7NO7S2/c3-1(4)2(11(5)6)10-12(7,8)9/h1-2,4H,3H2,(H,5,6)(H,7,8,9). The average molecular weight is 221 g/mol. The molecule has 0 aliphatic heterocycles. The fourth-order valence-electron chi connectivity index (χ4n) is 0.330. The Bertz CT molecular complexity index is 257. The van der Waals surface area contributed by atoms with E-state index in [1.807, 2.05) is 0 Å². The zero-order chi connectivity index (χ0) is 9.94. The summed E-state index contributed by atoms with van der Waals surface area (Å²) < 4.78 is 50.0. The molecule has 3 atom stereocenters. The highest BCUT2D eigenvalue weighted by atomic mass is 32.3. The normalized spacial score (nSPS) is 20.0. The molecule has 0 spiro atoms. The van der Waals surface area contributed by atoms with Crippen LogP contribution in [-0.4, -0.2) is 38.5 Å². The van der Waals surface area contributed by atoms with Gasteiger partial charge < -0.3 is 15.4 Å². The molecule has 12 heavy (non-hydrogen) atoms. The first kappa shape index (κ1) is 11.9. The van der Waals surface area contributed by atoms with Gasteiger partial charge in [-0.3, -0.25) is 4.55 Å². The lowest BCUT2D eigenvalue weighted by Gasteiger charge is -2.13. The summed E-state index contributed by atoms with van der Waals surface area (Å²) in [5.41, 5.74) is 2.55.